The number of nitrogens with zero attached hydrogens (tertiary/aromatic N) is 1. The minimum absolute atomic E-state index is 0.0135. The summed E-state index contributed by atoms with van der Waals surface area (Å²) in [5, 5.41) is 2.88. The highest BCUT2D eigenvalue weighted by atomic mass is 16.2. The second kappa shape index (κ2) is 4.46. The first-order valence-corrected chi connectivity index (χ1v) is 4.80. The lowest BCUT2D eigenvalue weighted by Crippen LogP contribution is -2.37. The zero-order valence-corrected chi connectivity index (χ0v) is 8.42. The van der Waals surface area contributed by atoms with Crippen molar-refractivity contribution in [1.82, 2.24) is 10.2 Å². The minimum atomic E-state index is -0.0135. The van der Waals surface area contributed by atoms with Crippen LogP contribution >= 0.6 is 0 Å². The van der Waals surface area contributed by atoms with E-state index in [-0.39, 0.29) is 6.03 Å². The summed E-state index contributed by atoms with van der Waals surface area (Å²) in [6.07, 6.45) is 3.30. The molecule has 76 valence electrons. The fourth-order valence-corrected chi connectivity index (χ4v) is 1.69. The molecular formula is C9H19N3O. The van der Waals surface area contributed by atoms with Crippen LogP contribution in [0.5, 0.6) is 0 Å². The second-order valence-corrected chi connectivity index (χ2v) is 4.02. The van der Waals surface area contributed by atoms with Crippen molar-refractivity contribution < 1.29 is 4.79 Å². The Morgan fingerprint density at radius 2 is 2.23 bits per heavy atom. The van der Waals surface area contributed by atoms with Crippen molar-refractivity contribution >= 4 is 6.03 Å². The number of amides is 2. The van der Waals surface area contributed by atoms with Gasteiger partial charge in [0.25, 0.3) is 0 Å². The summed E-state index contributed by atoms with van der Waals surface area (Å²) in [6.45, 7) is 0.769. The number of nitrogens with two attached hydrogens (primary N) is 1. The molecule has 1 fully saturated rings. The molecule has 1 aliphatic rings. The normalized spacial score (nSPS) is 27.3. The number of hydrogen-bond acceptors (Lipinski definition) is 2. The molecule has 0 aromatic heterocycles. The van der Waals surface area contributed by atoms with Crippen molar-refractivity contribution in [3.63, 3.8) is 0 Å². The van der Waals surface area contributed by atoms with E-state index in [1.807, 2.05) is 0 Å². The van der Waals surface area contributed by atoms with E-state index in [0.717, 1.165) is 25.8 Å². The van der Waals surface area contributed by atoms with Crippen LogP contribution in [-0.2, 0) is 0 Å². The SMILES string of the molecule is CN(C)C(=O)NCC1CCC(N)C1. The average Bonchev–Trinajstić information content (AvgIpc) is 2.47. The topological polar surface area (TPSA) is 58.4 Å². The summed E-state index contributed by atoms with van der Waals surface area (Å²) in [4.78, 5) is 12.7. The molecule has 2 atom stereocenters. The number of rotatable bonds is 2. The van der Waals surface area contributed by atoms with Gasteiger partial charge in [0.05, 0.1) is 0 Å². The van der Waals surface area contributed by atoms with Crippen LogP contribution in [0.3, 0.4) is 0 Å². The Hall–Kier alpha value is -0.770. The van der Waals surface area contributed by atoms with Gasteiger partial charge in [-0.2, -0.15) is 0 Å². The van der Waals surface area contributed by atoms with Gasteiger partial charge in [-0.1, -0.05) is 0 Å². The molecule has 1 aliphatic carbocycles. The van der Waals surface area contributed by atoms with E-state index in [1.165, 1.54) is 0 Å². The van der Waals surface area contributed by atoms with E-state index in [9.17, 15) is 4.79 Å². The summed E-state index contributed by atoms with van der Waals surface area (Å²) in [7, 11) is 3.49. The lowest BCUT2D eigenvalue weighted by molar-refractivity contribution is 0.215. The Morgan fingerprint density at radius 1 is 1.54 bits per heavy atom. The van der Waals surface area contributed by atoms with Crippen LogP contribution in [0.25, 0.3) is 0 Å². The maximum absolute atomic E-state index is 11.2. The minimum Gasteiger partial charge on any atom is -0.338 e. The number of nitrogens with one attached hydrogen (secondary N) is 1. The van der Waals surface area contributed by atoms with Gasteiger partial charge in [-0.25, -0.2) is 4.79 Å². The van der Waals surface area contributed by atoms with Gasteiger partial charge >= 0.3 is 6.03 Å². The lowest BCUT2D eigenvalue weighted by atomic mass is 10.1. The molecule has 1 saturated carbocycles. The first kappa shape index (κ1) is 10.3. The van der Waals surface area contributed by atoms with Gasteiger partial charge < -0.3 is 16.0 Å². The first-order valence-electron chi connectivity index (χ1n) is 4.80. The molecule has 1 rings (SSSR count). The molecule has 0 radical (unpaired) electrons. The molecule has 0 bridgehead atoms. The van der Waals surface area contributed by atoms with Gasteiger partial charge in [0.15, 0.2) is 0 Å². The third-order valence-corrected chi connectivity index (χ3v) is 2.53. The molecule has 0 saturated heterocycles. The zero-order chi connectivity index (χ0) is 9.84. The van der Waals surface area contributed by atoms with E-state index < -0.39 is 0 Å². The largest absolute Gasteiger partial charge is 0.338 e. The van der Waals surface area contributed by atoms with Crippen molar-refractivity contribution in [2.24, 2.45) is 11.7 Å². The summed E-state index contributed by atoms with van der Waals surface area (Å²) in [5.74, 6) is 0.582. The van der Waals surface area contributed by atoms with Crippen LogP contribution in [0.4, 0.5) is 4.79 Å². The maximum Gasteiger partial charge on any atom is 0.316 e. The highest BCUT2D eigenvalue weighted by Gasteiger charge is 2.21. The van der Waals surface area contributed by atoms with Crippen molar-refractivity contribution in [2.45, 2.75) is 25.3 Å². The van der Waals surface area contributed by atoms with E-state index in [1.54, 1.807) is 19.0 Å². The molecule has 3 N–H and O–H groups in total. The summed E-state index contributed by atoms with van der Waals surface area (Å²) in [6, 6.07) is 0.335. The molecule has 0 aromatic carbocycles. The Bertz CT molecular complexity index is 182. The lowest BCUT2D eigenvalue weighted by Gasteiger charge is -2.15. The number of urea groups is 1. The molecule has 2 amide bonds. The molecule has 0 aliphatic heterocycles. The van der Waals surface area contributed by atoms with E-state index >= 15 is 0 Å². The van der Waals surface area contributed by atoms with Gasteiger partial charge in [0, 0.05) is 26.7 Å². The molecule has 4 heteroatoms. The Kier molecular flexibility index (Phi) is 3.54. The third kappa shape index (κ3) is 3.22. The predicted molar refractivity (Wildman–Crippen MR) is 52.4 cm³/mol. The van der Waals surface area contributed by atoms with Crippen molar-refractivity contribution in [2.75, 3.05) is 20.6 Å². The highest BCUT2D eigenvalue weighted by molar-refractivity contribution is 5.73. The molecular weight excluding hydrogens is 166 g/mol. The van der Waals surface area contributed by atoms with Crippen molar-refractivity contribution in [1.29, 1.82) is 0 Å². The monoisotopic (exact) mass is 185 g/mol. The van der Waals surface area contributed by atoms with Crippen LogP contribution in [0.2, 0.25) is 0 Å². The standard InChI is InChI=1S/C9H19N3O/c1-12(2)9(13)11-6-7-3-4-8(10)5-7/h7-8H,3-6,10H2,1-2H3,(H,11,13). The third-order valence-electron chi connectivity index (χ3n) is 2.53. The maximum atomic E-state index is 11.2. The van der Waals surface area contributed by atoms with Gasteiger partial charge in [-0.15, -0.1) is 0 Å². The Balaban J connectivity index is 2.16. The predicted octanol–water partition coefficient (Wildman–Crippen LogP) is 0.385. The summed E-state index contributed by atoms with van der Waals surface area (Å²) < 4.78 is 0. The molecule has 2 unspecified atom stereocenters. The Morgan fingerprint density at radius 3 is 2.69 bits per heavy atom. The van der Waals surface area contributed by atoms with E-state index in [2.05, 4.69) is 5.32 Å². The molecule has 0 heterocycles. The van der Waals surface area contributed by atoms with Gasteiger partial charge in [0.2, 0.25) is 0 Å². The first-order chi connectivity index (χ1) is 6.09. The van der Waals surface area contributed by atoms with Crippen molar-refractivity contribution in [3.05, 3.63) is 0 Å². The second-order valence-electron chi connectivity index (χ2n) is 4.02. The summed E-state index contributed by atoms with van der Waals surface area (Å²) in [5.41, 5.74) is 5.77. The zero-order valence-electron chi connectivity index (χ0n) is 8.42. The quantitative estimate of drug-likeness (QED) is 0.653. The fraction of sp³-hybridized carbons (Fsp3) is 0.889. The smallest absolute Gasteiger partial charge is 0.316 e. The van der Waals surface area contributed by atoms with Gasteiger partial charge in [-0.3, -0.25) is 0 Å². The van der Waals surface area contributed by atoms with Crippen LogP contribution < -0.4 is 11.1 Å². The van der Waals surface area contributed by atoms with Crippen LogP contribution in [0.15, 0.2) is 0 Å². The van der Waals surface area contributed by atoms with E-state index in [0.29, 0.717) is 12.0 Å². The average molecular weight is 185 g/mol. The summed E-state index contributed by atoms with van der Waals surface area (Å²) >= 11 is 0. The Labute approximate surface area is 79.5 Å². The molecule has 4 nitrogen and oxygen atoms in total. The molecule has 13 heavy (non-hydrogen) atoms. The van der Waals surface area contributed by atoms with Crippen molar-refractivity contribution in [3.8, 4) is 0 Å². The number of carbonyl (C=O) groups excluding carboxylic acids is 1. The number of hydrogen-bond donors (Lipinski definition) is 2. The molecule has 0 spiro atoms. The van der Waals surface area contributed by atoms with Crippen LogP contribution in [0.1, 0.15) is 19.3 Å². The van der Waals surface area contributed by atoms with E-state index in [4.69, 9.17) is 5.73 Å². The van der Waals surface area contributed by atoms with Gasteiger partial charge in [0.1, 0.15) is 0 Å². The molecule has 0 aromatic rings. The van der Waals surface area contributed by atoms with Crippen LogP contribution in [0, 0.1) is 5.92 Å². The van der Waals surface area contributed by atoms with Crippen LogP contribution in [-0.4, -0.2) is 37.6 Å². The van der Waals surface area contributed by atoms with Gasteiger partial charge in [-0.05, 0) is 25.2 Å². The highest BCUT2D eigenvalue weighted by Crippen LogP contribution is 2.22. The number of carbonyl (C=O) groups is 1. The fourth-order valence-electron chi connectivity index (χ4n) is 1.69.